The Morgan fingerprint density at radius 1 is 1.00 bits per heavy atom. The van der Waals surface area contributed by atoms with Gasteiger partial charge in [0, 0.05) is 29.0 Å². The smallest absolute Gasteiger partial charge is 0.227 e. The zero-order valence-corrected chi connectivity index (χ0v) is 16.4. The summed E-state index contributed by atoms with van der Waals surface area (Å²) in [5, 5.41) is 7.01. The first-order valence-electron chi connectivity index (χ1n) is 9.38. The van der Waals surface area contributed by atoms with E-state index in [2.05, 4.69) is 59.1 Å². The molecule has 0 radical (unpaired) electrons. The lowest BCUT2D eigenvalue weighted by Crippen LogP contribution is -2.63. The van der Waals surface area contributed by atoms with E-state index in [1.807, 2.05) is 0 Å². The summed E-state index contributed by atoms with van der Waals surface area (Å²) in [6, 6.07) is 0.163. The second-order valence-corrected chi connectivity index (χ2v) is 10.6. The summed E-state index contributed by atoms with van der Waals surface area (Å²) in [6.07, 6.45) is 3.94. The van der Waals surface area contributed by atoms with E-state index in [1.54, 1.807) is 0 Å². The van der Waals surface area contributed by atoms with E-state index in [4.69, 9.17) is 0 Å². The number of carbonyl (C=O) groups is 2. The number of rotatable bonds is 2. The summed E-state index contributed by atoms with van der Waals surface area (Å²) >= 11 is 0. The summed E-state index contributed by atoms with van der Waals surface area (Å²) in [5.41, 5.74) is -1.11. The molecule has 0 aromatic carbocycles. The molecule has 2 saturated carbocycles. The van der Waals surface area contributed by atoms with Crippen molar-refractivity contribution >= 4 is 11.7 Å². The highest BCUT2D eigenvalue weighted by molar-refractivity contribution is 5.99. The van der Waals surface area contributed by atoms with Crippen LogP contribution < -0.4 is 10.6 Å². The fourth-order valence-electron chi connectivity index (χ4n) is 6.11. The third kappa shape index (κ3) is 2.28. The molecule has 0 unspecified atom stereocenters. The highest BCUT2D eigenvalue weighted by Gasteiger charge is 2.72. The van der Waals surface area contributed by atoms with E-state index in [-0.39, 0.29) is 39.6 Å². The number of ketones is 1. The predicted octanol–water partition coefficient (Wildman–Crippen LogP) is 3.20. The maximum atomic E-state index is 13.3. The van der Waals surface area contributed by atoms with Crippen molar-refractivity contribution in [2.75, 3.05) is 0 Å². The van der Waals surface area contributed by atoms with Crippen LogP contribution in [0.5, 0.6) is 0 Å². The Hall–Kier alpha value is -0.900. The summed E-state index contributed by atoms with van der Waals surface area (Å²) < 4.78 is 0. The van der Waals surface area contributed by atoms with Gasteiger partial charge < -0.3 is 10.6 Å². The minimum absolute atomic E-state index is 0.00255. The third-order valence-electron chi connectivity index (χ3n) is 7.67. The van der Waals surface area contributed by atoms with Gasteiger partial charge in [0.2, 0.25) is 5.91 Å². The van der Waals surface area contributed by atoms with Gasteiger partial charge in [-0.3, -0.25) is 9.59 Å². The molecular weight excluding hydrogens is 300 g/mol. The Bertz CT molecular complexity index is 576. The summed E-state index contributed by atoms with van der Waals surface area (Å²) in [6.45, 7) is 15.1. The number of carbonyl (C=O) groups excluding carboxylic acids is 2. The van der Waals surface area contributed by atoms with Crippen molar-refractivity contribution in [3.63, 3.8) is 0 Å². The lowest BCUT2D eigenvalue weighted by Gasteiger charge is -2.48. The Kier molecular flexibility index (Phi) is 3.61. The molecule has 4 nitrogen and oxygen atoms in total. The summed E-state index contributed by atoms with van der Waals surface area (Å²) in [7, 11) is 0. The minimum atomic E-state index is -0.516. The average molecular weight is 335 g/mol. The van der Waals surface area contributed by atoms with Crippen LogP contribution >= 0.6 is 0 Å². The number of amides is 1. The molecule has 1 amide bonds. The lowest BCUT2D eigenvalue weighted by atomic mass is 9.64. The van der Waals surface area contributed by atoms with E-state index in [9.17, 15) is 9.59 Å². The molecule has 1 heterocycles. The van der Waals surface area contributed by atoms with Gasteiger partial charge in [-0.1, -0.05) is 20.8 Å². The molecule has 4 heteroatoms. The number of fused-ring (bicyclic) bond motifs is 2. The topological polar surface area (TPSA) is 58.2 Å². The SMILES string of the molecule is CC1(C)CC(NC(=O)[C@]23CC[C@@](C)(C(=O)C2)C3(C)C)CC(C)(C)N1. The average Bonchev–Trinajstić information content (AvgIpc) is 2.65. The number of Topliss-reactive ketones (excluding diaryl/α,β-unsaturated/α-hetero) is 1. The molecule has 24 heavy (non-hydrogen) atoms. The van der Waals surface area contributed by atoms with Crippen LogP contribution in [-0.2, 0) is 9.59 Å². The van der Waals surface area contributed by atoms with Gasteiger partial charge >= 0.3 is 0 Å². The van der Waals surface area contributed by atoms with E-state index in [0.717, 1.165) is 25.7 Å². The van der Waals surface area contributed by atoms with Crippen LogP contribution in [0.25, 0.3) is 0 Å². The van der Waals surface area contributed by atoms with Crippen LogP contribution in [0.2, 0.25) is 0 Å². The van der Waals surface area contributed by atoms with E-state index < -0.39 is 5.41 Å². The molecule has 0 spiro atoms. The molecule has 2 aliphatic carbocycles. The second-order valence-electron chi connectivity index (χ2n) is 10.6. The molecule has 2 bridgehead atoms. The molecule has 1 aliphatic heterocycles. The number of hydrogen-bond acceptors (Lipinski definition) is 3. The van der Waals surface area contributed by atoms with Gasteiger partial charge in [-0.2, -0.15) is 0 Å². The van der Waals surface area contributed by atoms with Gasteiger partial charge in [-0.25, -0.2) is 0 Å². The normalized spacial score (nSPS) is 39.9. The van der Waals surface area contributed by atoms with Crippen LogP contribution in [-0.4, -0.2) is 28.8 Å². The molecule has 1 saturated heterocycles. The third-order valence-corrected chi connectivity index (χ3v) is 7.67. The zero-order valence-electron chi connectivity index (χ0n) is 16.4. The first-order chi connectivity index (χ1) is 10.7. The highest BCUT2D eigenvalue weighted by atomic mass is 16.2. The van der Waals surface area contributed by atoms with E-state index in [1.165, 1.54) is 0 Å². The van der Waals surface area contributed by atoms with Crippen molar-refractivity contribution in [3.05, 3.63) is 0 Å². The monoisotopic (exact) mass is 334 g/mol. The Balaban J connectivity index is 1.82. The molecule has 3 fully saturated rings. The number of piperidine rings is 1. The Labute approximate surface area is 146 Å². The van der Waals surface area contributed by atoms with Crippen molar-refractivity contribution in [1.29, 1.82) is 0 Å². The van der Waals surface area contributed by atoms with Crippen molar-refractivity contribution in [1.82, 2.24) is 10.6 Å². The van der Waals surface area contributed by atoms with Crippen molar-refractivity contribution in [2.45, 2.75) is 97.7 Å². The van der Waals surface area contributed by atoms with Crippen molar-refractivity contribution < 1.29 is 9.59 Å². The second kappa shape index (κ2) is 4.84. The van der Waals surface area contributed by atoms with Gasteiger partial charge in [-0.05, 0) is 58.8 Å². The van der Waals surface area contributed by atoms with Gasteiger partial charge in [0.15, 0.2) is 0 Å². The highest BCUT2D eigenvalue weighted by Crippen LogP contribution is 2.70. The minimum Gasteiger partial charge on any atom is -0.353 e. The molecule has 2 N–H and O–H groups in total. The zero-order chi connectivity index (χ0) is 18.2. The van der Waals surface area contributed by atoms with E-state index >= 15 is 0 Å². The standard InChI is InChI=1S/C20H34N2O2/c1-16(2)10-13(11-17(3,4)22-16)21-15(24)20-9-8-19(7,14(23)12-20)18(20,5)6/h13,22H,8-12H2,1-7H3,(H,21,24)/t19-,20-/m0/s1. The molecule has 3 aliphatic rings. The van der Waals surface area contributed by atoms with Crippen molar-refractivity contribution in [3.8, 4) is 0 Å². The predicted molar refractivity (Wildman–Crippen MR) is 95.6 cm³/mol. The van der Waals surface area contributed by atoms with Gasteiger partial charge in [-0.15, -0.1) is 0 Å². The van der Waals surface area contributed by atoms with Gasteiger partial charge in [0.05, 0.1) is 5.41 Å². The molecule has 3 rings (SSSR count). The maximum absolute atomic E-state index is 13.3. The van der Waals surface area contributed by atoms with Crippen LogP contribution in [0.3, 0.4) is 0 Å². The first-order valence-corrected chi connectivity index (χ1v) is 9.38. The van der Waals surface area contributed by atoms with Crippen molar-refractivity contribution in [2.24, 2.45) is 16.2 Å². The summed E-state index contributed by atoms with van der Waals surface area (Å²) in [5.74, 6) is 0.389. The molecule has 0 aromatic heterocycles. The molecular formula is C20H34N2O2. The van der Waals surface area contributed by atoms with Crippen LogP contribution in [0.1, 0.15) is 80.6 Å². The maximum Gasteiger partial charge on any atom is 0.227 e. The molecule has 0 aromatic rings. The fraction of sp³-hybridized carbons (Fsp3) is 0.900. The summed E-state index contributed by atoms with van der Waals surface area (Å²) in [4.78, 5) is 25.9. The van der Waals surface area contributed by atoms with E-state index in [0.29, 0.717) is 6.42 Å². The lowest BCUT2D eigenvalue weighted by molar-refractivity contribution is -0.138. The first kappa shape index (κ1) is 17.9. The van der Waals surface area contributed by atoms with Crippen LogP contribution in [0.15, 0.2) is 0 Å². The fourth-order valence-corrected chi connectivity index (χ4v) is 6.11. The number of hydrogen-bond donors (Lipinski definition) is 2. The largest absolute Gasteiger partial charge is 0.353 e. The Morgan fingerprint density at radius 3 is 1.96 bits per heavy atom. The van der Waals surface area contributed by atoms with Gasteiger partial charge in [0.25, 0.3) is 0 Å². The van der Waals surface area contributed by atoms with Crippen LogP contribution in [0, 0.1) is 16.2 Å². The Morgan fingerprint density at radius 2 is 1.54 bits per heavy atom. The molecule has 136 valence electrons. The number of nitrogens with one attached hydrogen (secondary N) is 2. The van der Waals surface area contributed by atoms with Crippen LogP contribution in [0.4, 0.5) is 0 Å². The molecule has 2 atom stereocenters. The van der Waals surface area contributed by atoms with Gasteiger partial charge in [0.1, 0.15) is 5.78 Å². The quantitative estimate of drug-likeness (QED) is 0.815.